The second kappa shape index (κ2) is 6.66. The first-order valence-corrected chi connectivity index (χ1v) is 8.28. The van der Waals surface area contributed by atoms with Crippen molar-refractivity contribution in [3.63, 3.8) is 0 Å². The number of carbonyl (C=O) groups excluding carboxylic acids is 2. The third-order valence-electron chi connectivity index (χ3n) is 5.18. The molecule has 6 heteroatoms. The third-order valence-corrected chi connectivity index (χ3v) is 5.18. The molecule has 2 saturated heterocycles. The molecule has 3 rings (SSSR count). The van der Waals surface area contributed by atoms with Gasteiger partial charge in [0.05, 0.1) is 0 Å². The van der Waals surface area contributed by atoms with Crippen LogP contribution < -0.4 is 5.32 Å². The van der Waals surface area contributed by atoms with Gasteiger partial charge in [-0.3, -0.25) is 19.5 Å². The molecule has 0 aromatic carbocycles. The normalized spacial score (nSPS) is 21.3. The number of pyridine rings is 1. The zero-order valence-electron chi connectivity index (χ0n) is 13.6. The summed E-state index contributed by atoms with van der Waals surface area (Å²) in [5, 5.41) is 2.97. The summed E-state index contributed by atoms with van der Waals surface area (Å²) < 4.78 is 0. The van der Waals surface area contributed by atoms with Crippen LogP contribution in [0.25, 0.3) is 0 Å². The van der Waals surface area contributed by atoms with E-state index >= 15 is 0 Å². The minimum absolute atomic E-state index is 0.119. The van der Waals surface area contributed by atoms with Crippen LogP contribution in [0.4, 0.5) is 0 Å². The van der Waals surface area contributed by atoms with Crippen LogP contribution in [0.2, 0.25) is 0 Å². The largest absolute Gasteiger partial charge is 0.353 e. The van der Waals surface area contributed by atoms with E-state index in [1.54, 1.807) is 12.4 Å². The number of piperazine rings is 1. The number of nitrogens with one attached hydrogen (secondary N) is 1. The maximum Gasteiger partial charge on any atom is 0.240 e. The molecule has 2 amide bonds. The fourth-order valence-corrected chi connectivity index (χ4v) is 3.58. The second-order valence-electron chi connectivity index (χ2n) is 6.45. The molecule has 2 aliphatic rings. The van der Waals surface area contributed by atoms with Gasteiger partial charge in [0, 0.05) is 45.0 Å². The minimum Gasteiger partial charge on any atom is -0.353 e. The van der Waals surface area contributed by atoms with E-state index in [-0.39, 0.29) is 11.8 Å². The Kier molecular flexibility index (Phi) is 4.61. The van der Waals surface area contributed by atoms with Gasteiger partial charge in [0.2, 0.25) is 11.8 Å². The Morgan fingerprint density at radius 1 is 1.35 bits per heavy atom. The molecule has 0 radical (unpaired) electrons. The van der Waals surface area contributed by atoms with Crippen molar-refractivity contribution in [2.75, 3.05) is 33.2 Å². The van der Waals surface area contributed by atoms with E-state index in [9.17, 15) is 9.59 Å². The van der Waals surface area contributed by atoms with Crippen molar-refractivity contribution in [2.45, 2.75) is 31.2 Å². The van der Waals surface area contributed by atoms with E-state index < -0.39 is 5.54 Å². The van der Waals surface area contributed by atoms with Crippen LogP contribution in [0.5, 0.6) is 0 Å². The van der Waals surface area contributed by atoms with Crippen molar-refractivity contribution in [1.29, 1.82) is 0 Å². The predicted octanol–water partition coefficient (Wildman–Crippen LogP) is 0.437. The zero-order chi connectivity index (χ0) is 16.3. The maximum absolute atomic E-state index is 12.4. The fraction of sp³-hybridized carbons (Fsp3) is 0.588. The van der Waals surface area contributed by atoms with Crippen LogP contribution in [0, 0.1) is 0 Å². The lowest BCUT2D eigenvalue weighted by atomic mass is 9.83. The lowest BCUT2D eigenvalue weighted by molar-refractivity contribution is -0.145. The summed E-state index contributed by atoms with van der Waals surface area (Å²) in [5.74, 6) is 0.288. The van der Waals surface area contributed by atoms with Crippen LogP contribution in [0.15, 0.2) is 24.5 Å². The molecule has 0 bridgehead atoms. The van der Waals surface area contributed by atoms with Crippen LogP contribution in [0.3, 0.4) is 0 Å². The van der Waals surface area contributed by atoms with Gasteiger partial charge >= 0.3 is 0 Å². The van der Waals surface area contributed by atoms with Gasteiger partial charge in [-0.2, -0.15) is 0 Å². The van der Waals surface area contributed by atoms with Crippen molar-refractivity contribution < 1.29 is 9.59 Å². The standard InChI is InChI=1S/C17H24N4O2/c1-20-12-9-19-16(23)17(20)6-10-21(11-7-17)15(22)5-4-14-3-2-8-18-13-14/h2-3,8,13H,4-7,9-12H2,1H3,(H,19,23). The second-order valence-corrected chi connectivity index (χ2v) is 6.45. The zero-order valence-corrected chi connectivity index (χ0v) is 13.6. The van der Waals surface area contributed by atoms with Crippen molar-refractivity contribution in [1.82, 2.24) is 20.1 Å². The van der Waals surface area contributed by atoms with E-state index in [4.69, 9.17) is 0 Å². The highest BCUT2D eigenvalue weighted by Gasteiger charge is 2.46. The maximum atomic E-state index is 12.4. The number of amides is 2. The Bertz CT molecular complexity index is 567. The molecule has 1 aromatic rings. The summed E-state index contributed by atoms with van der Waals surface area (Å²) in [6, 6.07) is 3.88. The SMILES string of the molecule is CN1CCNC(=O)C12CCN(C(=O)CCc1cccnc1)CC2. The highest BCUT2D eigenvalue weighted by Crippen LogP contribution is 2.30. The molecule has 23 heavy (non-hydrogen) atoms. The quantitative estimate of drug-likeness (QED) is 0.879. The first-order chi connectivity index (χ1) is 11.1. The average molecular weight is 316 g/mol. The number of carbonyl (C=O) groups is 2. The molecule has 0 unspecified atom stereocenters. The molecule has 0 atom stereocenters. The lowest BCUT2D eigenvalue weighted by Gasteiger charge is -2.48. The summed E-state index contributed by atoms with van der Waals surface area (Å²) in [6.07, 6.45) is 6.19. The molecule has 1 aromatic heterocycles. The Morgan fingerprint density at radius 2 is 2.13 bits per heavy atom. The number of rotatable bonds is 3. The molecule has 3 heterocycles. The summed E-state index contributed by atoms with van der Waals surface area (Å²) in [6.45, 7) is 2.90. The van der Waals surface area contributed by atoms with Crippen LogP contribution in [-0.4, -0.2) is 65.4 Å². The molecule has 124 valence electrons. The van der Waals surface area contributed by atoms with Gasteiger partial charge < -0.3 is 10.2 Å². The van der Waals surface area contributed by atoms with Gasteiger partial charge in [0.15, 0.2) is 0 Å². The van der Waals surface area contributed by atoms with Crippen LogP contribution in [0.1, 0.15) is 24.8 Å². The fourth-order valence-electron chi connectivity index (χ4n) is 3.58. The smallest absolute Gasteiger partial charge is 0.240 e. The molecule has 6 nitrogen and oxygen atoms in total. The molecule has 0 saturated carbocycles. The number of hydrogen-bond acceptors (Lipinski definition) is 4. The van der Waals surface area contributed by atoms with Crippen molar-refractivity contribution in [3.8, 4) is 0 Å². The number of aryl methyl sites for hydroxylation is 1. The Labute approximate surface area is 136 Å². The number of likely N-dealkylation sites (N-methyl/N-ethyl adjacent to an activating group) is 1. The number of piperidine rings is 1. The van der Waals surface area contributed by atoms with Crippen molar-refractivity contribution in [3.05, 3.63) is 30.1 Å². The van der Waals surface area contributed by atoms with E-state index in [0.717, 1.165) is 12.1 Å². The number of hydrogen-bond donors (Lipinski definition) is 1. The van der Waals surface area contributed by atoms with Gasteiger partial charge in [-0.05, 0) is 37.9 Å². The van der Waals surface area contributed by atoms with Gasteiger partial charge in [-0.15, -0.1) is 0 Å². The first-order valence-electron chi connectivity index (χ1n) is 8.28. The van der Waals surface area contributed by atoms with E-state index in [1.807, 2.05) is 24.1 Å². The molecule has 2 fully saturated rings. The lowest BCUT2D eigenvalue weighted by Crippen LogP contribution is -2.67. The van der Waals surface area contributed by atoms with E-state index in [2.05, 4.69) is 15.2 Å². The Balaban J connectivity index is 1.54. The molecule has 0 aliphatic carbocycles. The molecule has 1 spiro atoms. The third kappa shape index (κ3) is 3.22. The van der Waals surface area contributed by atoms with E-state index in [0.29, 0.717) is 45.3 Å². The Morgan fingerprint density at radius 3 is 2.78 bits per heavy atom. The van der Waals surface area contributed by atoms with Gasteiger partial charge in [0.1, 0.15) is 5.54 Å². The highest BCUT2D eigenvalue weighted by molar-refractivity contribution is 5.87. The van der Waals surface area contributed by atoms with Crippen LogP contribution in [-0.2, 0) is 16.0 Å². The van der Waals surface area contributed by atoms with Gasteiger partial charge in [-0.1, -0.05) is 6.07 Å². The molecular weight excluding hydrogens is 292 g/mol. The first kappa shape index (κ1) is 15.9. The summed E-state index contributed by atoms with van der Waals surface area (Å²) in [7, 11) is 2.01. The number of likely N-dealkylation sites (tertiary alicyclic amines) is 1. The number of aromatic nitrogens is 1. The molecule has 1 N–H and O–H groups in total. The molecule has 2 aliphatic heterocycles. The summed E-state index contributed by atoms with van der Waals surface area (Å²) >= 11 is 0. The van der Waals surface area contributed by atoms with Gasteiger partial charge in [-0.25, -0.2) is 0 Å². The van der Waals surface area contributed by atoms with Crippen molar-refractivity contribution in [2.24, 2.45) is 0 Å². The minimum atomic E-state index is -0.418. The predicted molar refractivity (Wildman–Crippen MR) is 86.7 cm³/mol. The van der Waals surface area contributed by atoms with Gasteiger partial charge in [0.25, 0.3) is 0 Å². The molecular formula is C17H24N4O2. The average Bonchev–Trinajstić information content (AvgIpc) is 2.59. The monoisotopic (exact) mass is 316 g/mol. The Hall–Kier alpha value is -1.95. The number of nitrogens with zero attached hydrogens (tertiary/aromatic N) is 3. The van der Waals surface area contributed by atoms with Crippen molar-refractivity contribution >= 4 is 11.8 Å². The highest BCUT2D eigenvalue weighted by atomic mass is 16.2. The topological polar surface area (TPSA) is 65.5 Å². The summed E-state index contributed by atoms with van der Waals surface area (Å²) in [4.78, 5) is 32.8. The van der Waals surface area contributed by atoms with E-state index in [1.165, 1.54) is 0 Å². The van der Waals surface area contributed by atoms with Crippen LogP contribution >= 0.6 is 0 Å². The summed E-state index contributed by atoms with van der Waals surface area (Å²) in [5.41, 5.74) is 0.666.